The van der Waals surface area contributed by atoms with Crippen molar-refractivity contribution in [3.05, 3.63) is 34.9 Å². The van der Waals surface area contributed by atoms with Crippen LogP contribution in [0, 0.1) is 0 Å². The maximum atomic E-state index is 11.5. The minimum Gasteiger partial charge on any atom is -0.347 e. The number of halogens is 2. The Kier molecular flexibility index (Phi) is 5.65. The van der Waals surface area contributed by atoms with Crippen LogP contribution >= 0.6 is 24.0 Å². The first-order valence-electron chi connectivity index (χ1n) is 4.24. The van der Waals surface area contributed by atoms with Crippen LogP contribution in [-0.4, -0.2) is 24.9 Å². The summed E-state index contributed by atoms with van der Waals surface area (Å²) in [6.45, 7) is 0. The quantitative estimate of drug-likeness (QED) is 0.869. The molecule has 0 radical (unpaired) electrons. The van der Waals surface area contributed by atoms with Crippen LogP contribution in [0.5, 0.6) is 0 Å². The molecule has 0 spiro atoms. The lowest BCUT2D eigenvalue weighted by molar-refractivity contribution is -0.130. The largest absolute Gasteiger partial charge is 0.347 e. The number of rotatable bonds is 2. The van der Waals surface area contributed by atoms with Gasteiger partial charge in [0.2, 0.25) is 5.91 Å². The first-order chi connectivity index (χ1) is 6.52. The fourth-order valence-corrected chi connectivity index (χ4v) is 1.22. The maximum absolute atomic E-state index is 11.5. The van der Waals surface area contributed by atoms with E-state index in [0.29, 0.717) is 5.02 Å². The number of carbonyl (C=O) groups excluding carboxylic acids is 1. The second kappa shape index (κ2) is 5.95. The molecule has 1 rings (SSSR count). The fraction of sp³-hybridized carbons (Fsp3) is 0.300. The highest BCUT2D eigenvalue weighted by molar-refractivity contribution is 6.30. The van der Waals surface area contributed by atoms with Gasteiger partial charge < -0.3 is 10.6 Å². The van der Waals surface area contributed by atoms with Crippen molar-refractivity contribution >= 4 is 29.9 Å². The van der Waals surface area contributed by atoms with Crippen molar-refractivity contribution < 1.29 is 4.79 Å². The molecule has 0 aliphatic heterocycles. The molecule has 1 atom stereocenters. The molecule has 1 aromatic carbocycles. The van der Waals surface area contributed by atoms with Crippen molar-refractivity contribution in [1.82, 2.24) is 4.90 Å². The summed E-state index contributed by atoms with van der Waals surface area (Å²) in [5, 5.41) is 0.637. The zero-order valence-corrected chi connectivity index (χ0v) is 10.2. The van der Waals surface area contributed by atoms with Crippen LogP contribution in [0.1, 0.15) is 11.6 Å². The molecule has 1 aromatic rings. The summed E-state index contributed by atoms with van der Waals surface area (Å²) in [6, 6.07) is 6.35. The second-order valence-electron chi connectivity index (χ2n) is 3.26. The molecule has 0 saturated heterocycles. The molecule has 0 fully saturated rings. The third-order valence-electron chi connectivity index (χ3n) is 1.94. The minimum atomic E-state index is -0.609. The topological polar surface area (TPSA) is 46.3 Å². The van der Waals surface area contributed by atoms with Gasteiger partial charge in [-0.3, -0.25) is 4.79 Å². The SMILES string of the molecule is CN(C)C(=O)C(N)c1ccc(Cl)cc1.Cl. The van der Waals surface area contributed by atoms with Gasteiger partial charge in [-0.1, -0.05) is 23.7 Å². The molecule has 15 heavy (non-hydrogen) atoms. The van der Waals surface area contributed by atoms with Gasteiger partial charge in [0, 0.05) is 19.1 Å². The van der Waals surface area contributed by atoms with Crippen LogP contribution in [0.25, 0.3) is 0 Å². The normalized spacial score (nSPS) is 11.5. The molecule has 0 heterocycles. The molecule has 0 aromatic heterocycles. The highest BCUT2D eigenvalue weighted by Crippen LogP contribution is 2.15. The zero-order valence-electron chi connectivity index (χ0n) is 8.61. The molecule has 0 aliphatic carbocycles. The molecule has 3 nitrogen and oxygen atoms in total. The Morgan fingerprint density at radius 2 is 1.80 bits per heavy atom. The van der Waals surface area contributed by atoms with Crippen molar-refractivity contribution in [2.45, 2.75) is 6.04 Å². The van der Waals surface area contributed by atoms with Crippen LogP contribution < -0.4 is 5.73 Å². The van der Waals surface area contributed by atoms with Gasteiger partial charge in [0.15, 0.2) is 0 Å². The average Bonchev–Trinajstić information content (AvgIpc) is 2.16. The molecule has 1 amide bonds. The summed E-state index contributed by atoms with van der Waals surface area (Å²) in [5.41, 5.74) is 6.53. The monoisotopic (exact) mass is 248 g/mol. The molecular weight excluding hydrogens is 235 g/mol. The lowest BCUT2D eigenvalue weighted by Crippen LogP contribution is -2.33. The Hall–Kier alpha value is -0.770. The van der Waals surface area contributed by atoms with E-state index in [2.05, 4.69) is 0 Å². The van der Waals surface area contributed by atoms with Gasteiger partial charge in [-0.2, -0.15) is 0 Å². The predicted molar refractivity (Wildman–Crippen MR) is 64.3 cm³/mol. The number of amides is 1. The number of benzene rings is 1. The van der Waals surface area contributed by atoms with Gasteiger partial charge in [-0.15, -0.1) is 12.4 Å². The molecule has 0 saturated carbocycles. The van der Waals surface area contributed by atoms with E-state index in [1.807, 2.05) is 0 Å². The number of likely N-dealkylation sites (N-methyl/N-ethyl adjacent to an activating group) is 1. The van der Waals surface area contributed by atoms with Gasteiger partial charge in [0.1, 0.15) is 6.04 Å². The highest BCUT2D eigenvalue weighted by Gasteiger charge is 2.16. The Labute approximate surface area is 101 Å². The Bertz CT molecular complexity index is 325. The number of carbonyl (C=O) groups is 1. The van der Waals surface area contributed by atoms with E-state index in [1.54, 1.807) is 38.4 Å². The summed E-state index contributed by atoms with van der Waals surface area (Å²) in [5.74, 6) is -0.118. The summed E-state index contributed by atoms with van der Waals surface area (Å²) in [6.07, 6.45) is 0. The van der Waals surface area contributed by atoms with Crippen molar-refractivity contribution in [1.29, 1.82) is 0 Å². The maximum Gasteiger partial charge on any atom is 0.243 e. The minimum absolute atomic E-state index is 0. The number of hydrogen-bond acceptors (Lipinski definition) is 2. The molecule has 5 heteroatoms. The lowest BCUT2D eigenvalue weighted by atomic mass is 10.1. The third-order valence-corrected chi connectivity index (χ3v) is 2.19. The Balaban J connectivity index is 0.00000196. The number of nitrogens with two attached hydrogens (primary N) is 1. The molecular formula is C10H14Cl2N2O. The van der Waals surface area contributed by atoms with E-state index in [4.69, 9.17) is 17.3 Å². The molecule has 2 N–H and O–H groups in total. The third kappa shape index (κ3) is 3.70. The van der Waals surface area contributed by atoms with Gasteiger partial charge >= 0.3 is 0 Å². The van der Waals surface area contributed by atoms with Crippen LogP contribution in [0.4, 0.5) is 0 Å². The van der Waals surface area contributed by atoms with E-state index < -0.39 is 6.04 Å². The van der Waals surface area contributed by atoms with E-state index in [9.17, 15) is 4.79 Å². The van der Waals surface area contributed by atoms with Gasteiger partial charge in [0.25, 0.3) is 0 Å². The molecule has 0 bridgehead atoms. The Morgan fingerprint density at radius 1 is 1.33 bits per heavy atom. The average molecular weight is 249 g/mol. The summed E-state index contributed by atoms with van der Waals surface area (Å²) < 4.78 is 0. The predicted octanol–water partition coefficient (Wildman–Crippen LogP) is 1.85. The van der Waals surface area contributed by atoms with E-state index in [0.717, 1.165) is 5.56 Å². The first-order valence-corrected chi connectivity index (χ1v) is 4.62. The standard InChI is InChI=1S/C10H13ClN2O.ClH/c1-13(2)10(14)9(12)7-3-5-8(11)6-4-7;/h3-6,9H,12H2,1-2H3;1H. The van der Waals surface area contributed by atoms with Crippen molar-refractivity contribution in [3.63, 3.8) is 0 Å². The van der Waals surface area contributed by atoms with Crippen LogP contribution in [0.3, 0.4) is 0 Å². The molecule has 84 valence electrons. The van der Waals surface area contributed by atoms with E-state index in [1.165, 1.54) is 4.90 Å². The van der Waals surface area contributed by atoms with Crippen LogP contribution in [0.2, 0.25) is 5.02 Å². The van der Waals surface area contributed by atoms with Crippen LogP contribution in [0.15, 0.2) is 24.3 Å². The van der Waals surface area contributed by atoms with Crippen molar-refractivity contribution in [2.24, 2.45) is 5.73 Å². The van der Waals surface area contributed by atoms with Crippen LogP contribution in [-0.2, 0) is 4.79 Å². The first kappa shape index (κ1) is 14.2. The lowest BCUT2D eigenvalue weighted by Gasteiger charge is -2.16. The summed E-state index contributed by atoms with van der Waals surface area (Å²) in [7, 11) is 3.36. The Morgan fingerprint density at radius 3 is 2.20 bits per heavy atom. The number of hydrogen-bond donors (Lipinski definition) is 1. The van der Waals surface area contributed by atoms with Gasteiger partial charge in [-0.25, -0.2) is 0 Å². The molecule has 1 unspecified atom stereocenters. The van der Waals surface area contributed by atoms with Gasteiger partial charge in [0.05, 0.1) is 0 Å². The zero-order chi connectivity index (χ0) is 10.7. The van der Waals surface area contributed by atoms with E-state index >= 15 is 0 Å². The number of nitrogens with zero attached hydrogens (tertiary/aromatic N) is 1. The second-order valence-corrected chi connectivity index (χ2v) is 3.70. The molecule has 0 aliphatic rings. The smallest absolute Gasteiger partial charge is 0.243 e. The van der Waals surface area contributed by atoms with Crippen molar-refractivity contribution in [3.8, 4) is 0 Å². The van der Waals surface area contributed by atoms with Gasteiger partial charge in [-0.05, 0) is 17.7 Å². The summed E-state index contributed by atoms with van der Waals surface area (Å²) in [4.78, 5) is 13.0. The highest BCUT2D eigenvalue weighted by atomic mass is 35.5. The fourth-order valence-electron chi connectivity index (χ4n) is 1.09. The van der Waals surface area contributed by atoms with Crippen molar-refractivity contribution in [2.75, 3.05) is 14.1 Å². The van der Waals surface area contributed by atoms with E-state index in [-0.39, 0.29) is 18.3 Å². The summed E-state index contributed by atoms with van der Waals surface area (Å²) >= 11 is 5.72.